The molecule has 2 fully saturated rings. The van der Waals surface area contributed by atoms with Crippen LogP contribution in [0.25, 0.3) is 22.0 Å². The van der Waals surface area contributed by atoms with Gasteiger partial charge in [0, 0.05) is 78.4 Å². The summed E-state index contributed by atoms with van der Waals surface area (Å²) in [6.07, 6.45) is 3.92. The van der Waals surface area contributed by atoms with Crippen LogP contribution in [0.1, 0.15) is 43.5 Å². The highest BCUT2D eigenvalue weighted by Gasteiger charge is 2.50. The summed E-state index contributed by atoms with van der Waals surface area (Å²) in [5.74, 6) is -0.906. The molecule has 3 amide bonds. The minimum Gasteiger partial charge on any atom is -0.384 e. The van der Waals surface area contributed by atoms with Gasteiger partial charge in [-0.05, 0) is 37.1 Å². The fourth-order valence-corrected chi connectivity index (χ4v) is 6.79. The second-order valence-electron chi connectivity index (χ2n) is 12.3. The minimum absolute atomic E-state index is 0.150. The maximum Gasteiger partial charge on any atom is 0.328 e. The van der Waals surface area contributed by atoms with Gasteiger partial charge in [0.05, 0.1) is 28.7 Å². The maximum absolute atomic E-state index is 16.2. The van der Waals surface area contributed by atoms with Crippen molar-refractivity contribution in [3.05, 3.63) is 76.5 Å². The van der Waals surface area contributed by atoms with E-state index in [-0.39, 0.29) is 29.8 Å². The van der Waals surface area contributed by atoms with Gasteiger partial charge in [0.1, 0.15) is 5.82 Å². The van der Waals surface area contributed by atoms with Crippen molar-refractivity contribution in [2.24, 2.45) is 12.5 Å². The Morgan fingerprint density at radius 3 is 2.58 bits per heavy atom. The van der Waals surface area contributed by atoms with Gasteiger partial charge in [-0.15, -0.1) is 0 Å². The van der Waals surface area contributed by atoms with Gasteiger partial charge in [-0.2, -0.15) is 5.10 Å². The zero-order valence-corrected chi connectivity index (χ0v) is 25.4. The first kappa shape index (κ1) is 29.2. The van der Waals surface area contributed by atoms with Crippen molar-refractivity contribution in [3.8, 4) is 11.1 Å². The SMILES string of the molecule is Cc1nn(C)cc1-c1ccc(CN2CC[C@](O)(c3ccc4ncc(N5CCC(=O)NC5=O)cc4c3F)C(C)(C)C2)cc1Cl. The van der Waals surface area contributed by atoms with Crippen molar-refractivity contribution in [1.29, 1.82) is 0 Å². The minimum atomic E-state index is -1.44. The molecular weight excluding hydrogens is 571 g/mol. The van der Waals surface area contributed by atoms with Crippen LogP contribution in [0.4, 0.5) is 14.9 Å². The number of aliphatic hydroxyl groups is 1. The molecule has 2 aromatic carbocycles. The first-order valence-corrected chi connectivity index (χ1v) is 14.7. The van der Waals surface area contributed by atoms with E-state index in [9.17, 15) is 14.7 Å². The van der Waals surface area contributed by atoms with E-state index in [0.717, 1.165) is 22.4 Å². The van der Waals surface area contributed by atoms with Gasteiger partial charge in [-0.3, -0.25) is 29.6 Å². The van der Waals surface area contributed by atoms with E-state index in [2.05, 4.69) is 26.4 Å². The van der Waals surface area contributed by atoms with Crippen LogP contribution in [0.15, 0.2) is 48.8 Å². The fraction of sp³-hybridized carbons (Fsp3) is 0.375. The highest BCUT2D eigenvalue weighted by molar-refractivity contribution is 6.33. The number of imide groups is 1. The van der Waals surface area contributed by atoms with Crippen molar-refractivity contribution < 1.29 is 19.1 Å². The second kappa shape index (κ2) is 10.7. The molecule has 11 heteroatoms. The number of nitrogens with zero attached hydrogens (tertiary/aromatic N) is 5. The van der Waals surface area contributed by atoms with Gasteiger partial charge >= 0.3 is 6.03 Å². The largest absolute Gasteiger partial charge is 0.384 e. The van der Waals surface area contributed by atoms with Crippen LogP contribution >= 0.6 is 11.6 Å². The highest BCUT2D eigenvalue weighted by atomic mass is 35.5. The Bertz CT molecular complexity index is 1770. The molecule has 0 bridgehead atoms. The molecular formula is C32H34ClFN6O3. The Morgan fingerprint density at radius 2 is 1.91 bits per heavy atom. The lowest BCUT2D eigenvalue weighted by atomic mass is 9.66. The van der Waals surface area contributed by atoms with E-state index < -0.39 is 22.9 Å². The number of carbonyl (C=O) groups excluding carboxylic acids is 2. The Hall–Kier alpha value is -3.86. The first-order chi connectivity index (χ1) is 20.4. The molecule has 4 aromatic rings. The number of aromatic nitrogens is 3. The lowest BCUT2D eigenvalue weighted by Gasteiger charge is -2.50. The van der Waals surface area contributed by atoms with Crippen LogP contribution < -0.4 is 10.2 Å². The lowest BCUT2D eigenvalue weighted by Crippen LogP contribution is -2.55. The molecule has 2 aliphatic rings. The second-order valence-corrected chi connectivity index (χ2v) is 12.7. The molecule has 0 spiro atoms. The summed E-state index contributed by atoms with van der Waals surface area (Å²) in [7, 11) is 1.88. The first-order valence-electron chi connectivity index (χ1n) is 14.3. The van der Waals surface area contributed by atoms with Crippen LogP contribution in [-0.4, -0.2) is 56.3 Å². The van der Waals surface area contributed by atoms with Gasteiger partial charge in [-0.1, -0.05) is 43.6 Å². The summed E-state index contributed by atoms with van der Waals surface area (Å²) < 4.78 is 18.0. The number of aryl methyl sites for hydroxylation is 2. The van der Waals surface area contributed by atoms with Crippen LogP contribution in [0.5, 0.6) is 0 Å². The smallest absolute Gasteiger partial charge is 0.328 e. The predicted octanol–water partition coefficient (Wildman–Crippen LogP) is 5.30. The molecule has 6 rings (SSSR count). The number of amides is 3. The van der Waals surface area contributed by atoms with Crippen molar-refractivity contribution in [2.75, 3.05) is 24.5 Å². The van der Waals surface area contributed by atoms with Crippen molar-refractivity contribution in [3.63, 3.8) is 0 Å². The number of benzene rings is 2. The van der Waals surface area contributed by atoms with Crippen LogP contribution in [0, 0.1) is 18.2 Å². The molecule has 2 aliphatic heterocycles. The van der Waals surface area contributed by atoms with Gasteiger partial charge in [0.15, 0.2) is 0 Å². The number of hydrogen-bond acceptors (Lipinski definition) is 6. The number of likely N-dealkylation sites (tertiary alicyclic amines) is 1. The summed E-state index contributed by atoms with van der Waals surface area (Å²) in [5.41, 5.74) is 2.77. The van der Waals surface area contributed by atoms with Crippen LogP contribution in [0.3, 0.4) is 0 Å². The number of fused-ring (bicyclic) bond motifs is 1. The van der Waals surface area contributed by atoms with E-state index in [1.165, 1.54) is 11.1 Å². The molecule has 0 saturated carbocycles. The average Bonchev–Trinajstić information content (AvgIpc) is 3.28. The number of pyridine rings is 1. The number of nitrogens with one attached hydrogen (secondary N) is 1. The van der Waals surface area contributed by atoms with Crippen LogP contribution in [-0.2, 0) is 24.0 Å². The van der Waals surface area contributed by atoms with E-state index >= 15 is 4.39 Å². The molecule has 0 aliphatic carbocycles. The van der Waals surface area contributed by atoms with Gasteiger partial charge < -0.3 is 5.11 Å². The Balaban J connectivity index is 1.24. The number of piperidine rings is 1. The van der Waals surface area contributed by atoms with E-state index in [0.29, 0.717) is 42.3 Å². The summed E-state index contributed by atoms with van der Waals surface area (Å²) in [4.78, 5) is 31.9. The number of anilines is 1. The standard InChI is InChI=1S/C32H34ClFN6O3/c1-19-24(17-38(4)37-19)22-6-5-20(13-26(22)33)16-39-12-10-32(43,31(2,3)18-39)25-7-8-27-23(29(25)34)14-21(15-35-27)40-11-9-28(41)36-30(40)42/h5-8,13-15,17,43H,9-12,16,18H2,1-4H3,(H,36,41,42)/t32-/m0/s1. The zero-order chi connectivity index (χ0) is 30.7. The Labute approximate surface area is 254 Å². The summed E-state index contributed by atoms with van der Waals surface area (Å²) in [6, 6.07) is 10.4. The topological polar surface area (TPSA) is 104 Å². The summed E-state index contributed by atoms with van der Waals surface area (Å²) >= 11 is 6.70. The van der Waals surface area contributed by atoms with Crippen molar-refractivity contribution in [1.82, 2.24) is 25.0 Å². The molecule has 224 valence electrons. The monoisotopic (exact) mass is 604 g/mol. The van der Waals surface area contributed by atoms with Gasteiger partial charge in [-0.25, -0.2) is 9.18 Å². The summed E-state index contributed by atoms with van der Waals surface area (Å²) in [5, 5.41) is 19.7. The molecule has 2 aromatic heterocycles. The van der Waals surface area contributed by atoms with Crippen LogP contribution in [0.2, 0.25) is 5.02 Å². The molecule has 9 nitrogen and oxygen atoms in total. The van der Waals surface area contributed by atoms with E-state index in [1.54, 1.807) is 22.9 Å². The van der Waals surface area contributed by atoms with E-state index in [4.69, 9.17) is 11.6 Å². The Morgan fingerprint density at radius 1 is 1.12 bits per heavy atom. The molecule has 0 radical (unpaired) electrons. The summed E-state index contributed by atoms with van der Waals surface area (Å²) in [6.45, 7) is 7.77. The third kappa shape index (κ3) is 5.17. The number of urea groups is 1. The molecule has 0 unspecified atom stereocenters. The number of rotatable bonds is 5. The molecule has 2 saturated heterocycles. The third-order valence-electron chi connectivity index (χ3n) is 8.87. The molecule has 1 atom stereocenters. The molecule has 43 heavy (non-hydrogen) atoms. The van der Waals surface area contributed by atoms with Crippen molar-refractivity contribution >= 4 is 40.1 Å². The molecule has 4 heterocycles. The van der Waals surface area contributed by atoms with E-state index in [1.807, 2.05) is 46.1 Å². The zero-order valence-electron chi connectivity index (χ0n) is 24.6. The fourth-order valence-electron chi connectivity index (χ4n) is 6.49. The normalized spacial score (nSPS) is 21.0. The van der Waals surface area contributed by atoms with Crippen molar-refractivity contribution in [2.45, 2.75) is 45.8 Å². The number of halogens is 2. The number of hydrogen-bond donors (Lipinski definition) is 2. The lowest BCUT2D eigenvalue weighted by molar-refractivity contribution is -0.128. The highest BCUT2D eigenvalue weighted by Crippen LogP contribution is 2.48. The molecule has 2 N–H and O–H groups in total. The maximum atomic E-state index is 16.2. The quantitative estimate of drug-likeness (QED) is 0.320. The third-order valence-corrected chi connectivity index (χ3v) is 9.18. The van der Waals surface area contributed by atoms with Gasteiger partial charge in [0.25, 0.3) is 0 Å². The average molecular weight is 605 g/mol. The predicted molar refractivity (Wildman–Crippen MR) is 163 cm³/mol. The Kier molecular flexibility index (Phi) is 7.27. The number of carbonyl (C=O) groups is 2. The van der Waals surface area contributed by atoms with Gasteiger partial charge in [0.2, 0.25) is 5.91 Å².